The van der Waals surface area contributed by atoms with Crippen molar-refractivity contribution in [1.29, 1.82) is 0 Å². The first kappa shape index (κ1) is 20.4. The second-order valence-electron chi connectivity index (χ2n) is 5.54. The van der Waals surface area contributed by atoms with Gasteiger partial charge in [0.15, 0.2) is 11.5 Å². The zero-order valence-electron chi connectivity index (χ0n) is 15.2. The number of carbonyl (C=O) groups excluding carboxylic acids is 3. The number of hydrogen-bond donors (Lipinski definition) is 2. The van der Waals surface area contributed by atoms with Gasteiger partial charge in [0.1, 0.15) is 6.61 Å². The number of hydrazone groups is 1. The lowest BCUT2D eigenvalue weighted by Gasteiger charge is -2.11. The lowest BCUT2D eigenvalue weighted by atomic mass is 10.2. The first-order valence-electron chi connectivity index (χ1n) is 8.11. The molecule has 0 aliphatic rings. The van der Waals surface area contributed by atoms with Gasteiger partial charge in [-0.3, -0.25) is 9.59 Å². The SMILES string of the molecule is COc1cc(/C=N\NC(=O)C(=O)Nc2ccccc2C)ccc1OCC(=O)[O-]. The molecule has 28 heavy (non-hydrogen) atoms. The zero-order valence-corrected chi connectivity index (χ0v) is 15.2. The molecule has 0 atom stereocenters. The molecule has 9 nitrogen and oxygen atoms in total. The van der Waals surface area contributed by atoms with Gasteiger partial charge >= 0.3 is 11.8 Å². The number of nitrogens with zero attached hydrogens (tertiary/aromatic N) is 1. The van der Waals surface area contributed by atoms with E-state index in [4.69, 9.17) is 9.47 Å². The Labute approximate surface area is 161 Å². The highest BCUT2D eigenvalue weighted by Crippen LogP contribution is 2.27. The Kier molecular flexibility index (Phi) is 7.09. The monoisotopic (exact) mass is 384 g/mol. The Hall–Kier alpha value is -3.88. The van der Waals surface area contributed by atoms with Crippen LogP contribution in [-0.2, 0) is 14.4 Å². The normalized spacial score (nSPS) is 10.4. The van der Waals surface area contributed by atoms with Gasteiger partial charge in [0, 0.05) is 5.69 Å². The van der Waals surface area contributed by atoms with Crippen LogP contribution in [0.3, 0.4) is 0 Å². The second kappa shape index (κ2) is 9.72. The molecular formula is C19H18N3O6-. The molecule has 0 saturated carbocycles. The van der Waals surface area contributed by atoms with E-state index >= 15 is 0 Å². The average molecular weight is 384 g/mol. The minimum Gasteiger partial charge on any atom is -0.546 e. The molecule has 0 bridgehead atoms. The molecule has 146 valence electrons. The van der Waals surface area contributed by atoms with Crippen LogP contribution in [0.5, 0.6) is 11.5 Å². The van der Waals surface area contributed by atoms with Gasteiger partial charge < -0.3 is 24.7 Å². The third kappa shape index (κ3) is 5.84. The Morgan fingerprint density at radius 1 is 1.11 bits per heavy atom. The summed E-state index contributed by atoms with van der Waals surface area (Å²) in [5.41, 5.74) is 4.00. The van der Waals surface area contributed by atoms with E-state index in [0.717, 1.165) is 5.56 Å². The number of ether oxygens (including phenoxy) is 2. The van der Waals surface area contributed by atoms with Crippen LogP contribution >= 0.6 is 0 Å². The van der Waals surface area contributed by atoms with E-state index in [1.165, 1.54) is 25.5 Å². The van der Waals surface area contributed by atoms with E-state index in [0.29, 0.717) is 11.3 Å². The van der Waals surface area contributed by atoms with E-state index in [1.54, 1.807) is 31.2 Å². The molecule has 0 radical (unpaired) electrons. The number of para-hydroxylation sites is 1. The summed E-state index contributed by atoms with van der Waals surface area (Å²) in [5, 5.41) is 16.7. The lowest BCUT2D eigenvalue weighted by molar-refractivity contribution is -0.307. The third-order valence-corrected chi connectivity index (χ3v) is 3.51. The third-order valence-electron chi connectivity index (χ3n) is 3.51. The predicted octanol–water partition coefficient (Wildman–Crippen LogP) is 0.221. The summed E-state index contributed by atoms with van der Waals surface area (Å²) in [6.45, 7) is 1.19. The molecule has 0 aromatic heterocycles. The van der Waals surface area contributed by atoms with Gasteiger partial charge in [-0.2, -0.15) is 5.10 Å². The van der Waals surface area contributed by atoms with Gasteiger partial charge in [0.05, 0.1) is 19.3 Å². The van der Waals surface area contributed by atoms with Crippen molar-refractivity contribution < 1.29 is 29.0 Å². The van der Waals surface area contributed by atoms with Crippen LogP contribution < -0.4 is 25.3 Å². The number of anilines is 1. The van der Waals surface area contributed by atoms with Crippen molar-refractivity contribution in [3.63, 3.8) is 0 Å². The van der Waals surface area contributed by atoms with Crippen LogP contribution in [0, 0.1) is 6.92 Å². The Balaban J connectivity index is 1.96. The van der Waals surface area contributed by atoms with E-state index in [-0.39, 0.29) is 11.5 Å². The molecule has 2 rings (SSSR count). The predicted molar refractivity (Wildman–Crippen MR) is 99.0 cm³/mol. The fourth-order valence-electron chi connectivity index (χ4n) is 2.13. The number of benzene rings is 2. The number of nitrogens with one attached hydrogen (secondary N) is 2. The van der Waals surface area contributed by atoms with E-state index in [2.05, 4.69) is 15.8 Å². The van der Waals surface area contributed by atoms with Crippen molar-refractivity contribution >= 4 is 29.7 Å². The fourth-order valence-corrected chi connectivity index (χ4v) is 2.13. The maximum atomic E-state index is 11.9. The standard InChI is InChI=1S/C19H19N3O6/c1-12-5-3-4-6-14(12)21-18(25)19(26)22-20-10-13-7-8-15(16(9-13)27-2)28-11-17(23)24/h3-10H,11H2,1-2H3,(H,21,25)(H,22,26)(H,23,24)/p-1/b20-10-. The molecule has 9 heteroatoms. The summed E-state index contributed by atoms with van der Waals surface area (Å²) in [4.78, 5) is 34.2. The second-order valence-corrected chi connectivity index (χ2v) is 5.54. The van der Waals surface area contributed by atoms with Crippen LogP contribution in [0.25, 0.3) is 0 Å². The highest BCUT2D eigenvalue weighted by atomic mass is 16.5. The number of amides is 2. The number of carboxylic acids is 1. The molecule has 0 fully saturated rings. The molecule has 0 unspecified atom stereocenters. The average Bonchev–Trinajstić information content (AvgIpc) is 2.68. The Morgan fingerprint density at radius 3 is 2.54 bits per heavy atom. The number of aliphatic carboxylic acids is 1. The van der Waals surface area contributed by atoms with Crippen LogP contribution in [0.2, 0.25) is 0 Å². The molecule has 0 spiro atoms. The number of rotatable bonds is 7. The number of carboxylic acid groups (broad SMARTS) is 1. The zero-order chi connectivity index (χ0) is 20.5. The van der Waals surface area contributed by atoms with Crippen LogP contribution in [-0.4, -0.2) is 37.7 Å². The van der Waals surface area contributed by atoms with Crippen molar-refractivity contribution in [3.8, 4) is 11.5 Å². The molecule has 2 N–H and O–H groups in total. The van der Waals surface area contributed by atoms with Gasteiger partial charge in [0.25, 0.3) is 0 Å². The summed E-state index contributed by atoms with van der Waals surface area (Å²) in [5.74, 6) is -2.66. The molecule has 2 amide bonds. The summed E-state index contributed by atoms with van der Waals surface area (Å²) in [7, 11) is 1.39. The molecule has 0 saturated heterocycles. The van der Waals surface area contributed by atoms with Crippen molar-refractivity contribution in [2.24, 2.45) is 5.10 Å². The Bertz CT molecular complexity index is 910. The lowest BCUT2D eigenvalue weighted by Crippen LogP contribution is -2.32. The fraction of sp³-hybridized carbons (Fsp3) is 0.158. The van der Waals surface area contributed by atoms with Crippen molar-refractivity contribution in [2.75, 3.05) is 19.0 Å². The van der Waals surface area contributed by atoms with Crippen molar-refractivity contribution in [1.82, 2.24) is 5.43 Å². The number of methoxy groups -OCH3 is 1. The molecule has 2 aromatic carbocycles. The topological polar surface area (TPSA) is 129 Å². The molecule has 2 aromatic rings. The van der Waals surface area contributed by atoms with Gasteiger partial charge in [-0.15, -0.1) is 0 Å². The van der Waals surface area contributed by atoms with Gasteiger partial charge in [-0.05, 0) is 42.3 Å². The summed E-state index contributed by atoms with van der Waals surface area (Å²) >= 11 is 0. The first-order chi connectivity index (χ1) is 13.4. The highest BCUT2D eigenvalue weighted by Gasteiger charge is 2.13. The Morgan fingerprint density at radius 2 is 1.86 bits per heavy atom. The highest BCUT2D eigenvalue weighted by molar-refractivity contribution is 6.39. The van der Waals surface area contributed by atoms with Gasteiger partial charge in [-0.25, -0.2) is 5.43 Å². The molecule has 0 heterocycles. The number of carbonyl (C=O) groups is 3. The quantitative estimate of drug-likeness (QED) is 0.399. The van der Waals surface area contributed by atoms with Gasteiger partial charge in [0.2, 0.25) is 0 Å². The van der Waals surface area contributed by atoms with Gasteiger partial charge in [-0.1, -0.05) is 18.2 Å². The summed E-state index contributed by atoms with van der Waals surface area (Å²) in [6, 6.07) is 11.6. The molecule has 0 aliphatic heterocycles. The minimum absolute atomic E-state index is 0.213. The minimum atomic E-state index is -1.36. The molecule has 0 aliphatic carbocycles. The maximum absolute atomic E-state index is 11.9. The van der Waals surface area contributed by atoms with Crippen LogP contribution in [0.15, 0.2) is 47.6 Å². The van der Waals surface area contributed by atoms with Crippen LogP contribution in [0.1, 0.15) is 11.1 Å². The maximum Gasteiger partial charge on any atom is 0.329 e. The number of hydrogen-bond acceptors (Lipinski definition) is 7. The van der Waals surface area contributed by atoms with E-state index in [1.807, 2.05) is 6.07 Å². The van der Waals surface area contributed by atoms with E-state index in [9.17, 15) is 19.5 Å². The number of aryl methyl sites for hydroxylation is 1. The first-order valence-corrected chi connectivity index (χ1v) is 8.11. The van der Waals surface area contributed by atoms with Crippen molar-refractivity contribution in [2.45, 2.75) is 6.92 Å². The largest absolute Gasteiger partial charge is 0.546 e. The molecular weight excluding hydrogens is 366 g/mol. The van der Waals surface area contributed by atoms with Crippen molar-refractivity contribution in [3.05, 3.63) is 53.6 Å². The summed E-state index contributed by atoms with van der Waals surface area (Å²) in [6.07, 6.45) is 1.30. The van der Waals surface area contributed by atoms with E-state index < -0.39 is 24.4 Å². The van der Waals surface area contributed by atoms with Crippen LogP contribution in [0.4, 0.5) is 5.69 Å². The smallest absolute Gasteiger partial charge is 0.329 e. The summed E-state index contributed by atoms with van der Waals surface area (Å²) < 4.78 is 10.1.